The van der Waals surface area contributed by atoms with Gasteiger partial charge in [-0.3, -0.25) is 14.8 Å². The summed E-state index contributed by atoms with van der Waals surface area (Å²) in [6.45, 7) is 0. The largest absolute Gasteiger partial charge is 0.322 e. The molecule has 0 amide bonds. The Bertz CT molecular complexity index is 1110. The number of para-hydroxylation sites is 1. The van der Waals surface area contributed by atoms with E-state index >= 15 is 0 Å². The average Bonchev–Trinajstić information content (AvgIpc) is 2.63. The number of hydrogen-bond donors (Lipinski definition) is 1. The van der Waals surface area contributed by atoms with Crippen molar-refractivity contribution in [2.24, 2.45) is 0 Å². The molecule has 2 aromatic carbocycles. The van der Waals surface area contributed by atoms with Gasteiger partial charge in [-0.05, 0) is 35.2 Å². The molecule has 2 heterocycles. The van der Waals surface area contributed by atoms with Crippen LogP contribution in [0.25, 0.3) is 22.2 Å². The second kappa shape index (κ2) is 6.28. The van der Waals surface area contributed by atoms with Gasteiger partial charge in [0.2, 0.25) is 0 Å². The molecule has 5 heteroatoms. The van der Waals surface area contributed by atoms with Crippen LogP contribution in [0.15, 0.2) is 71.9 Å². The Morgan fingerprint density at radius 2 is 1.92 bits per heavy atom. The second-order valence-electron chi connectivity index (χ2n) is 5.79. The molecule has 4 nitrogen and oxygen atoms in total. The van der Waals surface area contributed by atoms with Crippen LogP contribution in [0.2, 0.25) is 0 Å². The zero-order valence-electron chi connectivity index (χ0n) is 13.2. The summed E-state index contributed by atoms with van der Waals surface area (Å²) in [5.41, 5.74) is 2.84. The number of rotatable bonds is 3. The van der Waals surface area contributed by atoms with E-state index in [1.54, 1.807) is 12.3 Å². The maximum absolute atomic E-state index is 14.4. The normalized spacial score (nSPS) is 10.9. The smallest absolute Gasteiger partial charge is 0.251 e. The van der Waals surface area contributed by atoms with Gasteiger partial charge in [0, 0.05) is 35.5 Å². The SMILES string of the molecule is O=c1[nH]c2ccccc2cc1Cc1ccc(-c2cnccn2)c(F)c1. The summed E-state index contributed by atoms with van der Waals surface area (Å²) in [7, 11) is 0. The molecule has 4 aromatic rings. The summed E-state index contributed by atoms with van der Waals surface area (Å²) in [6.07, 6.45) is 4.95. The molecular weight excluding hydrogens is 317 g/mol. The Hall–Kier alpha value is -3.34. The molecule has 1 N–H and O–H groups in total. The molecule has 0 atom stereocenters. The minimum atomic E-state index is -0.379. The van der Waals surface area contributed by atoms with Gasteiger partial charge in [0.15, 0.2) is 0 Å². The maximum Gasteiger partial charge on any atom is 0.251 e. The Labute approximate surface area is 143 Å². The van der Waals surface area contributed by atoms with Crippen LogP contribution in [0, 0.1) is 5.82 Å². The van der Waals surface area contributed by atoms with E-state index in [0.29, 0.717) is 23.2 Å². The fraction of sp³-hybridized carbons (Fsp3) is 0.0500. The molecule has 0 aliphatic heterocycles. The predicted octanol–water partition coefficient (Wildman–Crippen LogP) is 3.72. The molecule has 2 aromatic heterocycles. The Balaban J connectivity index is 1.69. The van der Waals surface area contributed by atoms with E-state index in [1.807, 2.05) is 36.4 Å². The lowest BCUT2D eigenvalue weighted by Crippen LogP contribution is -2.12. The molecule has 0 aliphatic carbocycles. The number of nitrogens with one attached hydrogen (secondary N) is 1. The number of benzene rings is 2. The molecule has 4 rings (SSSR count). The highest BCUT2D eigenvalue weighted by molar-refractivity contribution is 5.78. The van der Waals surface area contributed by atoms with Gasteiger partial charge in [0.1, 0.15) is 5.82 Å². The molecule has 0 saturated carbocycles. The Morgan fingerprint density at radius 3 is 2.72 bits per heavy atom. The number of H-pyrrole nitrogens is 1. The van der Waals surface area contributed by atoms with Crippen molar-refractivity contribution in [2.75, 3.05) is 0 Å². The van der Waals surface area contributed by atoms with Gasteiger partial charge in [-0.1, -0.05) is 24.3 Å². The summed E-state index contributed by atoms with van der Waals surface area (Å²) in [5.74, 6) is -0.379. The Morgan fingerprint density at radius 1 is 1.04 bits per heavy atom. The third-order valence-corrected chi connectivity index (χ3v) is 4.10. The number of aromatic nitrogens is 3. The third-order valence-electron chi connectivity index (χ3n) is 4.10. The molecule has 0 spiro atoms. The highest BCUT2D eigenvalue weighted by Gasteiger charge is 2.09. The van der Waals surface area contributed by atoms with Gasteiger partial charge in [0.25, 0.3) is 5.56 Å². The zero-order chi connectivity index (χ0) is 17.2. The van der Waals surface area contributed by atoms with Gasteiger partial charge in [-0.2, -0.15) is 0 Å². The summed E-state index contributed by atoms with van der Waals surface area (Å²) in [4.78, 5) is 23.2. The van der Waals surface area contributed by atoms with Crippen molar-refractivity contribution in [1.82, 2.24) is 15.0 Å². The van der Waals surface area contributed by atoms with Crippen LogP contribution in [0.3, 0.4) is 0 Å². The van der Waals surface area contributed by atoms with E-state index in [-0.39, 0.29) is 11.4 Å². The highest BCUT2D eigenvalue weighted by Crippen LogP contribution is 2.22. The number of nitrogens with zero attached hydrogens (tertiary/aromatic N) is 2. The minimum absolute atomic E-state index is 0.155. The van der Waals surface area contributed by atoms with Gasteiger partial charge in [0.05, 0.1) is 11.9 Å². The summed E-state index contributed by atoms with van der Waals surface area (Å²) in [5, 5.41) is 0.953. The first-order chi connectivity index (χ1) is 12.2. The monoisotopic (exact) mass is 331 g/mol. The highest BCUT2D eigenvalue weighted by atomic mass is 19.1. The average molecular weight is 331 g/mol. The van der Waals surface area contributed by atoms with Crippen LogP contribution in [-0.2, 0) is 6.42 Å². The van der Waals surface area contributed by atoms with Crippen LogP contribution < -0.4 is 5.56 Å². The molecule has 0 bridgehead atoms. The predicted molar refractivity (Wildman–Crippen MR) is 94.8 cm³/mol. The van der Waals surface area contributed by atoms with Gasteiger partial charge < -0.3 is 4.98 Å². The quantitative estimate of drug-likeness (QED) is 0.622. The van der Waals surface area contributed by atoms with Gasteiger partial charge >= 0.3 is 0 Å². The first kappa shape index (κ1) is 15.2. The molecule has 122 valence electrons. The van der Waals surface area contributed by atoms with Crippen molar-refractivity contribution >= 4 is 10.9 Å². The number of pyridine rings is 1. The lowest BCUT2D eigenvalue weighted by Gasteiger charge is -2.07. The first-order valence-corrected chi connectivity index (χ1v) is 7.86. The maximum atomic E-state index is 14.4. The lowest BCUT2D eigenvalue weighted by atomic mass is 10.0. The van der Waals surface area contributed by atoms with Crippen LogP contribution in [0.4, 0.5) is 4.39 Å². The fourth-order valence-corrected chi connectivity index (χ4v) is 2.86. The molecule has 0 saturated heterocycles. The standard InChI is InChI=1S/C20H14FN3O/c21-17-10-13(5-6-16(17)19-12-22-7-8-23-19)9-15-11-14-3-1-2-4-18(14)24-20(15)25/h1-8,10-12H,9H2,(H,24,25). The second-order valence-corrected chi connectivity index (χ2v) is 5.79. The third kappa shape index (κ3) is 3.04. The van der Waals surface area contributed by atoms with Crippen LogP contribution in [-0.4, -0.2) is 15.0 Å². The number of fused-ring (bicyclic) bond motifs is 1. The number of halogens is 1. The topological polar surface area (TPSA) is 58.6 Å². The van der Waals surface area contributed by atoms with Crippen molar-refractivity contribution in [3.63, 3.8) is 0 Å². The van der Waals surface area contributed by atoms with E-state index in [4.69, 9.17) is 0 Å². The van der Waals surface area contributed by atoms with E-state index in [1.165, 1.54) is 18.5 Å². The van der Waals surface area contributed by atoms with Crippen molar-refractivity contribution < 1.29 is 4.39 Å². The van der Waals surface area contributed by atoms with Crippen molar-refractivity contribution in [3.05, 3.63) is 94.4 Å². The summed E-state index contributed by atoms with van der Waals surface area (Å²) >= 11 is 0. The lowest BCUT2D eigenvalue weighted by molar-refractivity contribution is 0.628. The molecule has 0 unspecified atom stereocenters. The van der Waals surface area contributed by atoms with Crippen LogP contribution in [0.5, 0.6) is 0 Å². The Kier molecular flexibility index (Phi) is 3.82. The van der Waals surface area contributed by atoms with Crippen molar-refractivity contribution in [1.29, 1.82) is 0 Å². The van der Waals surface area contributed by atoms with Crippen LogP contribution in [0.1, 0.15) is 11.1 Å². The van der Waals surface area contributed by atoms with Crippen molar-refractivity contribution in [2.45, 2.75) is 6.42 Å². The zero-order valence-corrected chi connectivity index (χ0v) is 13.2. The first-order valence-electron chi connectivity index (χ1n) is 7.86. The number of aromatic amines is 1. The van der Waals surface area contributed by atoms with E-state index in [9.17, 15) is 9.18 Å². The van der Waals surface area contributed by atoms with E-state index in [2.05, 4.69) is 15.0 Å². The molecule has 0 aliphatic rings. The molecule has 25 heavy (non-hydrogen) atoms. The molecular formula is C20H14FN3O. The van der Waals surface area contributed by atoms with E-state index in [0.717, 1.165) is 16.5 Å². The van der Waals surface area contributed by atoms with E-state index < -0.39 is 0 Å². The molecule has 0 radical (unpaired) electrons. The minimum Gasteiger partial charge on any atom is -0.322 e. The molecule has 0 fully saturated rings. The fourth-order valence-electron chi connectivity index (χ4n) is 2.86. The van der Waals surface area contributed by atoms with Crippen LogP contribution >= 0.6 is 0 Å². The summed E-state index contributed by atoms with van der Waals surface area (Å²) < 4.78 is 14.4. The van der Waals surface area contributed by atoms with Crippen molar-refractivity contribution in [3.8, 4) is 11.3 Å². The van der Waals surface area contributed by atoms with Gasteiger partial charge in [-0.15, -0.1) is 0 Å². The number of hydrogen-bond acceptors (Lipinski definition) is 3. The van der Waals surface area contributed by atoms with Gasteiger partial charge in [-0.25, -0.2) is 4.39 Å². The summed E-state index contributed by atoms with van der Waals surface area (Å²) in [6, 6.07) is 14.4.